The van der Waals surface area contributed by atoms with Crippen LogP contribution in [-0.2, 0) is 11.3 Å². The molecular weight excluding hydrogens is 212 g/mol. The summed E-state index contributed by atoms with van der Waals surface area (Å²) >= 11 is 0. The molecular formula is C14H22N2O. The molecule has 0 fully saturated rings. The van der Waals surface area contributed by atoms with Gasteiger partial charge in [0, 0.05) is 13.6 Å². The minimum atomic E-state index is -0.435. The standard InChI is InChI=1S/C14H22N2O/c1-10(2)13-7-5-12(6-8-13)9-16(4)14(17)11(3)15/h5-8,10-11H,9,15H2,1-4H3/t11-/m0/s1. The second-order valence-electron chi connectivity index (χ2n) is 4.88. The van der Waals surface area contributed by atoms with Crippen LogP contribution in [0, 0.1) is 0 Å². The summed E-state index contributed by atoms with van der Waals surface area (Å²) in [5.41, 5.74) is 8.01. The summed E-state index contributed by atoms with van der Waals surface area (Å²) in [7, 11) is 1.78. The quantitative estimate of drug-likeness (QED) is 0.867. The van der Waals surface area contributed by atoms with Crippen LogP contribution in [0.3, 0.4) is 0 Å². The molecule has 17 heavy (non-hydrogen) atoms. The van der Waals surface area contributed by atoms with E-state index in [2.05, 4.69) is 38.1 Å². The van der Waals surface area contributed by atoms with Crippen molar-refractivity contribution in [2.75, 3.05) is 7.05 Å². The van der Waals surface area contributed by atoms with Crippen molar-refractivity contribution in [3.8, 4) is 0 Å². The van der Waals surface area contributed by atoms with E-state index in [0.29, 0.717) is 12.5 Å². The largest absolute Gasteiger partial charge is 0.340 e. The molecule has 0 radical (unpaired) electrons. The van der Waals surface area contributed by atoms with Crippen molar-refractivity contribution in [2.24, 2.45) is 5.73 Å². The third kappa shape index (κ3) is 3.86. The molecule has 0 bridgehead atoms. The first-order chi connectivity index (χ1) is 7.91. The molecule has 1 rings (SSSR count). The van der Waals surface area contributed by atoms with Gasteiger partial charge < -0.3 is 10.6 Å². The van der Waals surface area contributed by atoms with Crippen molar-refractivity contribution in [3.05, 3.63) is 35.4 Å². The molecule has 0 aromatic heterocycles. The first kappa shape index (κ1) is 13.7. The van der Waals surface area contributed by atoms with Gasteiger partial charge in [0.15, 0.2) is 0 Å². The van der Waals surface area contributed by atoms with Gasteiger partial charge in [-0.2, -0.15) is 0 Å². The topological polar surface area (TPSA) is 46.3 Å². The third-order valence-electron chi connectivity index (χ3n) is 2.83. The lowest BCUT2D eigenvalue weighted by molar-refractivity contribution is -0.131. The van der Waals surface area contributed by atoms with Crippen molar-refractivity contribution in [1.29, 1.82) is 0 Å². The third-order valence-corrected chi connectivity index (χ3v) is 2.83. The SMILES string of the molecule is CC(C)c1ccc(CN(C)C(=O)[C@H](C)N)cc1. The smallest absolute Gasteiger partial charge is 0.239 e. The Morgan fingerprint density at radius 3 is 2.18 bits per heavy atom. The lowest BCUT2D eigenvalue weighted by Gasteiger charge is -2.19. The molecule has 0 heterocycles. The maximum atomic E-state index is 11.6. The Labute approximate surface area is 104 Å². The lowest BCUT2D eigenvalue weighted by Crippen LogP contribution is -2.39. The van der Waals surface area contributed by atoms with Crippen molar-refractivity contribution in [2.45, 2.75) is 39.3 Å². The van der Waals surface area contributed by atoms with Crippen LogP contribution in [0.2, 0.25) is 0 Å². The van der Waals surface area contributed by atoms with Crippen molar-refractivity contribution < 1.29 is 4.79 Å². The van der Waals surface area contributed by atoms with Crippen molar-refractivity contribution in [3.63, 3.8) is 0 Å². The normalized spacial score (nSPS) is 12.6. The van der Waals surface area contributed by atoms with Gasteiger partial charge in [0.25, 0.3) is 0 Å². The molecule has 1 amide bonds. The minimum absolute atomic E-state index is 0.0297. The molecule has 0 unspecified atom stereocenters. The van der Waals surface area contributed by atoms with Crippen LogP contribution in [0.1, 0.15) is 37.8 Å². The average molecular weight is 234 g/mol. The van der Waals surface area contributed by atoms with Crippen LogP contribution < -0.4 is 5.73 Å². The van der Waals surface area contributed by atoms with E-state index in [0.717, 1.165) is 5.56 Å². The fourth-order valence-corrected chi connectivity index (χ4v) is 1.71. The number of carbonyl (C=O) groups is 1. The van der Waals surface area contributed by atoms with Crippen LogP contribution >= 0.6 is 0 Å². The Morgan fingerprint density at radius 1 is 1.24 bits per heavy atom. The molecule has 0 saturated carbocycles. The molecule has 1 atom stereocenters. The maximum absolute atomic E-state index is 11.6. The van der Waals surface area contributed by atoms with Crippen molar-refractivity contribution >= 4 is 5.91 Å². The summed E-state index contributed by atoms with van der Waals surface area (Å²) < 4.78 is 0. The highest BCUT2D eigenvalue weighted by molar-refractivity contribution is 5.80. The van der Waals surface area contributed by atoms with Gasteiger partial charge in [-0.15, -0.1) is 0 Å². The van der Waals surface area contributed by atoms with Crippen molar-refractivity contribution in [1.82, 2.24) is 4.90 Å². The monoisotopic (exact) mass is 234 g/mol. The molecule has 0 aliphatic rings. The summed E-state index contributed by atoms with van der Waals surface area (Å²) in [5.74, 6) is 0.505. The molecule has 1 aromatic carbocycles. The van der Waals surface area contributed by atoms with E-state index in [9.17, 15) is 4.79 Å². The Bertz CT molecular complexity index is 368. The van der Waals surface area contributed by atoms with Gasteiger partial charge in [0.1, 0.15) is 0 Å². The Hall–Kier alpha value is -1.35. The molecule has 0 spiro atoms. The number of nitrogens with two attached hydrogens (primary N) is 1. The number of hydrogen-bond acceptors (Lipinski definition) is 2. The van der Waals surface area contributed by atoms with E-state index in [4.69, 9.17) is 5.73 Å². The Morgan fingerprint density at radius 2 is 1.76 bits per heavy atom. The first-order valence-corrected chi connectivity index (χ1v) is 6.01. The lowest BCUT2D eigenvalue weighted by atomic mass is 10.0. The predicted octanol–water partition coefficient (Wildman–Crippen LogP) is 2.12. The van der Waals surface area contributed by atoms with Gasteiger partial charge in [-0.25, -0.2) is 0 Å². The summed E-state index contributed by atoms with van der Waals surface area (Å²) in [6.07, 6.45) is 0. The number of benzene rings is 1. The van der Waals surface area contributed by atoms with E-state index in [1.165, 1.54) is 5.56 Å². The zero-order valence-electron chi connectivity index (χ0n) is 11.1. The van der Waals surface area contributed by atoms with Gasteiger partial charge in [-0.1, -0.05) is 38.1 Å². The molecule has 0 aliphatic carbocycles. The summed E-state index contributed by atoms with van der Waals surface area (Å²) in [6.45, 7) is 6.65. The number of carbonyl (C=O) groups excluding carboxylic acids is 1. The molecule has 3 nitrogen and oxygen atoms in total. The molecule has 0 saturated heterocycles. The fourth-order valence-electron chi connectivity index (χ4n) is 1.71. The Kier molecular flexibility index (Phi) is 4.70. The maximum Gasteiger partial charge on any atom is 0.239 e. The second kappa shape index (κ2) is 5.82. The predicted molar refractivity (Wildman–Crippen MR) is 70.7 cm³/mol. The van der Waals surface area contributed by atoms with E-state index >= 15 is 0 Å². The number of hydrogen-bond donors (Lipinski definition) is 1. The van der Waals surface area contributed by atoms with E-state index in [1.54, 1.807) is 18.9 Å². The highest BCUT2D eigenvalue weighted by atomic mass is 16.2. The van der Waals surface area contributed by atoms with Gasteiger partial charge >= 0.3 is 0 Å². The Balaban J connectivity index is 2.66. The number of amides is 1. The molecule has 94 valence electrons. The minimum Gasteiger partial charge on any atom is -0.340 e. The average Bonchev–Trinajstić information content (AvgIpc) is 2.28. The fraction of sp³-hybridized carbons (Fsp3) is 0.500. The van der Waals surface area contributed by atoms with Crippen LogP contribution in [0.4, 0.5) is 0 Å². The van der Waals surface area contributed by atoms with Crippen LogP contribution in [-0.4, -0.2) is 23.9 Å². The van der Waals surface area contributed by atoms with Crippen LogP contribution in [0.5, 0.6) is 0 Å². The zero-order chi connectivity index (χ0) is 13.0. The van der Waals surface area contributed by atoms with Crippen LogP contribution in [0.15, 0.2) is 24.3 Å². The molecule has 3 heteroatoms. The van der Waals surface area contributed by atoms with Gasteiger partial charge in [0.2, 0.25) is 5.91 Å². The number of likely N-dealkylation sites (N-methyl/N-ethyl adjacent to an activating group) is 1. The number of nitrogens with zero attached hydrogens (tertiary/aromatic N) is 1. The van der Waals surface area contributed by atoms with Gasteiger partial charge in [0.05, 0.1) is 6.04 Å². The van der Waals surface area contributed by atoms with Crippen LogP contribution in [0.25, 0.3) is 0 Å². The molecule has 1 aromatic rings. The van der Waals surface area contributed by atoms with Gasteiger partial charge in [-0.05, 0) is 24.0 Å². The highest BCUT2D eigenvalue weighted by Gasteiger charge is 2.13. The first-order valence-electron chi connectivity index (χ1n) is 6.01. The van der Waals surface area contributed by atoms with E-state index in [-0.39, 0.29) is 5.91 Å². The molecule has 0 aliphatic heterocycles. The summed E-state index contributed by atoms with van der Waals surface area (Å²) in [6, 6.07) is 7.93. The zero-order valence-corrected chi connectivity index (χ0v) is 11.1. The van der Waals surface area contributed by atoms with Gasteiger partial charge in [-0.3, -0.25) is 4.79 Å². The van der Waals surface area contributed by atoms with E-state index < -0.39 is 6.04 Å². The summed E-state index contributed by atoms with van der Waals surface area (Å²) in [4.78, 5) is 13.3. The highest BCUT2D eigenvalue weighted by Crippen LogP contribution is 2.15. The second-order valence-corrected chi connectivity index (χ2v) is 4.88. The number of rotatable bonds is 4. The molecule has 2 N–H and O–H groups in total. The summed E-state index contributed by atoms with van der Waals surface area (Å²) in [5, 5.41) is 0. The van der Waals surface area contributed by atoms with E-state index in [1.807, 2.05) is 0 Å².